The van der Waals surface area contributed by atoms with Crippen molar-refractivity contribution in [2.24, 2.45) is 5.73 Å². The van der Waals surface area contributed by atoms with Crippen LogP contribution in [-0.2, 0) is 4.74 Å². The number of ether oxygens (including phenoxy) is 1. The molecule has 1 fully saturated rings. The lowest BCUT2D eigenvalue weighted by atomic mass is 10.2. The van der Waals surface area contributed by atoms with Gasteiger partial charge in [-0.15, -0.1) is 0 Å². The lowest BCUT2D eigenvalue weighted by Crippen LogP contribution is -2.32. The zero-order chi connectivity index (χ0) is 10.9. The van der Waals surface area contributed by atoms with Crippen LogP contribution >= 0.6 is 0 Å². The van der Waals surface area contributed by atoms with E-state index in [2.05, 4.69) is 4.90 Å². The summed E-state index contributed by atoms with van der Waals surface area (Å²) < 4.78 is 5.56. The third-order valence-corrected chi connectivity index (χ3v) is 3.13. The van der Waals surface area contributed by atoms with E-state index in [4.69, 9.17) is 10.5 Å². The number of hydrogen-bond acceptors (Lipinski definition) is 3. The first-order valence-corrected chi connectivity index (χ1v) is 6.40. The molecular formula is C12H26N2O. The van der Waals surface area contributed by atoms with Crippen LogP contribution in [0.3, 0.4) is 0 Å². The highest BCUT2D eigenvalue weighted by Gasteiger charge is 2.12. The average molecular weight is 214 g/mol. The first-order chi connectivity index (χ1) is 7.36. The van der Waals surface area contributed by atoms with E-state index in [0.717, 1.165) is 19.6 Å². The smallest absolute Gasteiger partial charge is 0.0709 e. The number of likely N-dealkylation sites (tertiary alicyclic amines) is 1. The van der Waals surface area contributed by atoms with Gasteiger partial charge in [-0.1, -0.05) is 12.8 Å². The maximum atomic E-state index is 5.66. The number of hydrogen-bond donors (Lipinski definition) is 1. The summed E-state index contributed by atoms with van der Waals surface area (Å²) in [7, 11) is 0. The number of rotatable bonds is 6. The van der Waals surface area contributed by atoms with Crippen LogP contribution in [0.5, 0.6) is 0 Å². The standard InChI is InChI=1S/C12H26N2O/c1-2-15-12(11-13)7-10-14-8-5-3-4-6-9-14/h12H,2-11,13H2,1H3. The molecule has 0 radical (unpaired) electrons. The second-order valence-electron chi connectivity index (χ2n) is 4.36. The van der Waals surface area contributed by atoms with Crippen molar-refractivity contribution in [2.75, 3.05) is 32.8 Å². The van der Waals surface area contributed by atoms with E-state index in [-0.39, 0.29) is 6.10 Å². The van der Waals surface area contributed by atoms with Crippen LogP contribution in [0.4, 0.5) is 0 Å². The highest BCUT2D eigenvalue weighted by Crippen LogP contribution is 2.10. The molecule has 0 aromatic carbocycles. The average Bonchev–Trinajstić information content (AvgIpc) is 2.52. The second kappa shape index (κ2) is 8.08. The van der Waals surface area contributed by atoms with Gasteiger partial charge in [-0.25, -0.2) is 0 Å². The Labute approximate surface area is 94.0 Å². The fraction of sp³-hybridized carbons (Fsp3) is 1.00. The SMILES string of the molecule is CCOC(CN)CCN1CCCCCC1. The van der Waals surface area contributed by atoms with Gasteiger partial charge < -0.3 is 15.4 Å². The van der Waals surface area contributed by atoms with Crippen molar-refractivity contribution in [3.05, 3.63) is 0 Å². The summed E-state index contributed by atoms with van der Waals surface area (Å²) in [6.45, 7) is 7.16. The Hall–Kier alpha value is -0.120. The van der Waals surface area contributed by atoms with E-state index < -0.39 is 0 Å². The van der Waals surface area contributed by atoms with E-state index >= 15 is 0 Å². The van der Waals surface area contributed by atoms with Crippen LogP contribution in [0.15, 0.2) is 0 Å². The molecule has 2 N–H and O–H groups in total. The van der Waals surface area contributed by atoms with Gasteiger partial charge in [0.1, 0.15) is 0 Å². The molecule has 0 aromatic rings. The normalized spacial score (nSPS) is 21.2. The highest BCUT2D eigenvalue weighted by molar-refractivity contribution is 4.67. The molecule has 0 bridgehead atoms. The Morgan fingerprint density at radius 1 is 1.20 bits per heavy atom. The number of nitrogens with zero attached hydrogens (tertiary/aromatic N) is 1. The van der Waals surface area contributed by atoms with E-state index in [9.17, 15) is 0 Å². The molecule has 90 valence electrons. The molecule has 1 unspecified atom stereocenters. The van der Waals surface area contributed by atoms with Crippen molar-refractivity contribution in [2.45, 2.75) is 45.1 Å². The van der Waals surface area contributed by atoms with Crippen LogP contribution in [0.1, 0.15) is 39.0 Å². The monoisotopic (exact) mass is 214 g/mol. The number of nitrogens with two attached hydrogens (primary N) is 1. The molecule has 0 spiro atoms. The highest BCUT2D eigenvalue weighted by atomic mass is 16.5. The minimum Gasteiger partial charge on any atom is -0.377 e. The summed E-state index contributed by atoms with van der Waals surface area (Å²) in [5.74, 6) is 0. The van der Waals surface area contributed by atoms with E-state index in [1.54, 1.807) is 0 Å². The molecule has 1 saturated heterocycles. The van der Waals surface area contributed by atoms with Gasteiger partial charge in [0.2, 0.25) is 0 Å². The van der Waals surface area contributed by atoms with Crippen LogP contribution in [0.25, 0.3) is 0 Å². The Morgan fingerprint density at radius 3 is 2.40 bits per heavy atom. The van der Waals surface area contributed by atoms with Gasteiger partial charge in [0, 0.05) is 19.7 Å². The summed E-state index contributed by atoms with van der Waals surface area (Å²) >= 11 is 0. The Bertz CT molecular complexity index is 145. The maximum absolute atomic E-state index is 5.66. The van der Waals surface area contributed by atoms with Crippen LogP contribution in [0, 0.1) is 0 Å². The van der Waals surface area contributed by atoms with E-state index in [1.165, 1.54) is 38.8 Å². The zero-order valence-electron chi connectivity index (χ0n) is 10.1. The van der Waals surface area contributed by atoms with Crippen LogP contribution in [-0.4, -0.2) is 43.8 Å². The molecule has 1 heterocycles. The summed E-state index contributed by atoms with van der Waals surface area (Å²) in [4.78, 5) is 2.56. The predicted octanol–water partition coefficient (Wildman–Crippen LogP) is 1.62. The van der Waals surface area contributed by atoms with Gasteiger partial charge in [-0.05, 0) is 39.3 Å². The summed E-state index contributed by atoms with van der Waals surface area (Å²) in [5, 5.41) is 0. The van der Waals surface area contributed by atoms with Crippen molar-refractivity contribution in [3.8, 4) is 0 Å². The molecule has 0 saturated carbocycles. The minimum absolute atomic E-state index is 0.262. The molecule has 3 nitrogen and oxygen atoms in total. The molecular weight excluding hydrogens is 188 g/mol. The molecule has 1 rings (SSSR count). The molecule has 1 aliphatic heterocycles. The molecule has 1 aliphatic rings. The summed E-state index contributed by atoms with van der Waals surface area (Å²) in [6.07, 6.45) is 6.89. The predicted molar refractivity (Wildman–Crippen MR) is 64.0 cm³/mol. The molecule has 15 heavy (non-hydrogen) atoms. The first-order valence-electron chi connectivity index (χ1n) is 6.40. The largest absolute Gasteiger partial charge is 0.377 e. The second-order valence-corrected chi connectivity index (χ2v) is 4.36. The lowest BCUT2D eigenvalue weighted by molar-refractivity contribution is 0.0546. The van der Waals surface area contributed by atoms with Crippen molar-refractivity contribution in [1.82, 2.24) is 4.90 Å². The van der Waals surface area contributed by atoms with Gasteiger partial charge in [0.05, 0.1) is 6.10 Å². The Balaban J connectivity index is 2.15. The third kappa shape index (κ3) is 5.50. The minimum atomic E-state index is 0.262. The van der Waals surface area contributed by atoms with Crippen LogP contribution in [0.2, 0.25) is 0 Å². The lowest BCUT2D eigenvalue weighted by Gasteiger charge is -2.22. The molecule has 1 atom stereocenters. The molecule has 0 aromatic heterocycles. The quantitative estimate of drug-likeness (QED) is 0.730. The summed E-state index contributed by atoms with van der Waals surface area (Å²) in [6, 6.07) is 0. The topological polar surface area (TPSA) is 38.5 Å². The van der Waals surface area contributed by atoms with Crippen molar-refractivity contribution >= 4 is 0 Å². The zero-order valence-corrected chi connectivity index (χ0v) is 10.1. The summed E-state index contributed by atoms with van der Waals surface area (Å²) in [5.41, 5.74) is 5.66. The van der Waals surface area contributed by atoms with Gasteiger partial charge in [-0.2, -0.15) is 0 Å². The van der Waals surface area contributed by atoms with Gasteiger partial charge in [-0.3, -0.25) is 0 Å². The van der Waals surface area contributed by atoms with Gasteiger partial charge >= 0.3 is 0 Å². The Morgan fingerprint density at radius 2 is 1.87 bits per heavy atom. The third-order valence-electron chi connectivity index (χ3n) is 3.13. The first kappa shape index (κ1) is 12.9. The van der Waals surface area contributed by atoms with Gasteiger partial charge in [0.25, 0.3) is 0 Å². The Kier molecular flexibility index (Phi) is 6.98. The van der Waals surface area contributed by atoms with E-state index in [0.29, 0.717) is 6.54 Å². The van der Waals surface area contributed by atoms with E-state index in [1.807, 2.05) is 6.92 Å². The molecule has 0 aliphatic carbocycles. The molecule has 3 heteroatoms. The van der Waals surface area contributed by atoms with Crippen molar-refractivity contribution < 1.29 is 4.74 Å². The van der Waals surface area contributed by atoms with Crippen molar-refractivity contribution in [1.29, 1.82) is 0 Å². The van der Waals surface area contributed by atoms with Crippen LogP contribution < -0.4 is 5.73 Å². The fourth-order valence-corrected chi connectivity index (χ4v) is 2.19. The molecule has 0 amide bonds. The maximum Gasteiger partial charge on any atom is 0.0709 e. The fourth-order valence-electron chi connectivity index (χ4n) is 2.19. The van der Waals surface area contributed by atoms with Crippen molar-refractivity contribution in [3.63, 3.8) is 0 Å². The van der Waals surface area contributed by atoms with Gasteiger partial charge in [0.15, 0.2) is 0 Å².